The Morgan fingerprint density at radius 2 is 2.20 bits per heavy atom. The summed E-state index contributed by atoms with van der Waals surface area (Å²) in [6, 6.07) is 4.21. The average Bonchev–Trinajstić information content (AvgIpc) is 2.91. The number of nitrogens with zero attached hydrogens (tertiary/aromatic N) is 3. The maximum absolute atomic E-state index is 12.0. The SMILES string of the molecule is Nc1ccc(S(=O)(=O)NCCCn2ccnn2)cc1Cl. The maximum Gasteiger partial charge on any atom is 0.240 e. The van der Waals surface area contributed by atoms with E-state index in [0.717, 1.165) is 0 Å². The number of aryl methyl sites for hydroxylation is 1. The van der Waals surface area contributed by atoms with Crippen molar-refractivity contribution in [2.24, 2.45) is 0 Å². The lowest BCUT2D eigenvalue weighted by Gasteiger charge is -2.08. The summed E-state index contributed by atoms with van der Waals surface area (Å²) < 4.78 is 28.2. The Bertz CT molecular complexity index is 672. The Morgan fingerprint density at radius 1 is 1.40 bits per heavy atom. The second-order valence-electron chi connectivity index (χ2n) is 4.10. The molecule has 0 amide bonds. The first-order valence-electron chi connectivity index (χ1n) is 5.88. The van der Waals surface area contributed by atoms with Crippen LogP contribution in [0.2, 0.25) is 5.02 Å². The molecule has 3 N–H and O–H groups in total. The normalized spacial score (nSPS) is 11.7. The topological polar surface area (TPSA) is 103 Å². The molecule has 0 saturated heterocycles. The van der Waals surface area contributed by atoms with E-state index in [1.807, 2.05) is 0 Å². The highest BCUT2D eigenvalue weighted by Crippen LogP contribution is 2.22. The van der Waals surface area contributed by atoms with E-state index in [2.05, 4.69) is 15.0 Å². The van der Waals surface area contributed by atoms with Gasteiger partial charge in [-0.2, -0.15) is 0 Å². The molecule has 1 aromatic carbocycles. The molecule has 1 heterocycles. The van der Waals surface area contributed by atoms with Crippen molar-refractivity contribution in [3.05, 3.63) is 35.6 Å². The second kappa shape index (κ2) is 6.21. The molecule has 0 radical (unpaired) electrons. The summed E-state index contributed by atoms with van der Waals surface area (Å²) in [7, 11) is -3.58. The third-order valence-electron chi connectivity index (χ3n) is 2.61. The number of nitrogens with two attached hydrogens (primary N) is 1. The molecule has 0 aliphatic heterocycles. The van der Waals surface area contributed by atoms with Gasteiger partial charge in [-0.1, -0.05) is 16.8 Å². The van der Waals surface area contributed by atoms with E-state index in [1.54, 1.807) is 17.1 Å². The highest BCUT2D eigenvalue weighted by Gasteiger charge is 2.14. The summed E-state index contributed by atoms with van der Waals surface area (Å²) in [4.78, 5) is 0.0949. The predicted molar refractivity (Wildman–Crippen MR) is 75.7 cm³/mol. The van der Waals surface area contributed by atoms with Gasteiger partial charge < -0.3 is 5.73 Å². The van der Waals surface area contributed by atoms with Crippen LogP contribution in [0.3, 0.4) is 0 Å². The minimum absolute atomic E-state index is 0.0949. The quantitative estimate of drug-likeness (QED) is 0.608. The average molecular weight is 316 g/mol. The van der Waals surface area contributed by atoms with E-state index in [4.69, 9.17) is 17.3 Å². The zero-order chi connectivity index (χ0) is 14.6. The number of rotatable bonds is 6. The third-order valence-corrected chi connectivity index (χ3v) is 4.40. The fourth-order valence-corrected chi connectivity index (χ4v) is 2.90. The van der Waals surface area contributed by atoms with E-state index in [0.29, 0.717) is 25.2 Å². The number of anilines is 1. The molecular formula is C11H14ClN5O2S. The van der Waals surface area contributed by atoms with Crippen LogP contribution in [0.4, 0.5) is 5.69 Å². The lowest BCUT2D eigenvalue weighted by molar-refractivity contribution is 0.542. The van der Waals surface area contributed by atoms with Crippen molar-refractivity contribution in [3.63, 3.8) is 0 Å². The fourth-order valence-electron chi connectivity index (χ4n) is 1.56. The Labute approximate surface area is 121 Å². The van der Waals surface area contributed by atoms with Gasteiger partial charge in [-0.25, -0.2) is 13.1 Å². The first-order chi connectivity index (χ1) is 9.49. The predicted octanol–water partition coefficient (Wildman–Crippen LogP) is 0.882. The van der Waals surface area contributed by atoms with E-state index < -0.39 is 10.0 Å². The van der Waals surface area contributed by atoms with E-state index >= 15 is 0 Å². The van der Waals surface area contributed by atoms with Gasteiger partial charge in [-0.15, -0.1) is 5.10 Å². The standard InChI is InChI=1S/C11H14ClN5O2S/c12-10-8-9(2-3-11(10)13)20(18,19)15-4-1-6-17-7-5-14-16-17/h2-3,5,7-8,15H,1,4,6,13H2. The summed E-state index contributed by atoms with van der Waals surface area (Å²) in [5.74, 6) is 0. The Hall–Kier alpha value is -1.64. The highest BCUT2D eigenvalue weighted by molar-refractivity contribution is 7.89. The lowest BCUT2D eigenvalue weighted by Crippen LogP contribution is -2.25. The van der Waals surface area contributed by atoms with Crippen LogP contribution in [-0.2, 0) is 16.6 Å². The summed E-state index contributed by atoms with van der Waals surface area (Å²) in [6.45, 7) is 0.884. The molecular weight excluding hydrogens is 302 g/mol. The van der Waals surface area contributed by atoms with Crippen molar-refractivity contribution in [1.82, 2.24) is 19.7 Å². The minimum Gasteiger partial charge on any atom is -0.398 e. The van der Waals surface area contributed by atoms with Crippen LogP contribution in [0.5, 0.6) is 0 Å². The molecule has 108 valence electrons. The van der Waals surface area contributed by atoms with E-state index in [1.165, 1.54) is 18.2 Å². The highest BCUT2D eigenvalue weighted by atomic mass is 35.5. The molecule has 20 heavy (non-hydrogen) atoms. The number of aromatic nitrogens is 3. The zero-order valence-corrected chi connectivity index (χ0v) is 12.1. The van der Waals surface area contributed by atoms with Crippen molar-refractivity contribution in [2.45, 2.75) is 17.9 Å². The zero-order valence-electron chi connectivity index (χ0n) is 10.5. The van der Waals surface area contributed by atoms with Crippen LogP contribution in [0.1, 0.15) is 6.42 Å². The first kappa shape index (κ1) is 14.8. The first-order valence-corrected chi connectivity index (χ1v) is 7.74. The molecule has 0 bridgehead atoms. The molecule has 0 aliphatic rings. The van der Waals surface area contributed by atoms with Crippen LogP contribution in [0.25, 0.3) is 0 Å². The van der Waals surface area contributed by atoms with Crippen molar-refractivity contribution in [1.29, 1.82) is 0 Å². The molecule has 0 saturated carbocycles. The van der Waals surface area contributed by atoms with Crippen LogP contribution < -0.4 is 10.5 Å². The molecule has 7 nitrogen and oxygen atoms in total. The molecule has 0 spiro atoms. The monoisotopic (exact) mass is 315 g/mol. The van der Waals surface area contributed by atoms with Crippen molar-refractivity contribution in [2.75, 3.05) is 12.3 Å². The van der Waals surface area contributed by atoms with Crippen molar-refractivity contribution >= 4 is 27.3 Å². The molecule has 0 fully saturated rings. The van der Waals surface area contributed by atoms with E-state index in [-0.39, 0.29) is 9.92 Å². The molecule has 0 aliphatic carbocycles. The minimum atomic E-state index is -3.58. The van der Waals surface area contributed by atoms with Crippen molar-refractivity contribution in [3.8, 4) is 0 Å². The molecule has 0 atom stereocenters. The molecule has 1 aromatic heterocycles. The van der Waals surface area contributed by atoms with Crippen LogP contribution in [0, 0.1) is 0 Å². The number of sulfonamides is 1. The van der Waals surface area contributed by atoms with Gasteiger partial charge in [-0.3, -0.25) is 4.68 Å². The van der Waals surface area contributed by atoms with Crippen molar-refractivity contribution < 1.29 is 8.42 Å². The number of nitrogens with one attached hydrogen (secondary N) is 1. The summed E-state index contributed by atoms with van der Waals surface area (Å²) >= 11 is 5.81. The van der Waals surface area contributed by atoms with Gasteiger partial charge in [0.1, 0.15) is 0 Å². The maximum atomic E-state index is 12.0. The smallest absolute Gasteiger partial charge is 0.240 e. The molecule has 2 aromatic rings. The van der Waals surface area contributed by atoms with Crippen LogP contribution in [-0.4, -0.2) is 30.0 Å². The van der Waals surface area contributed by atoms with Gasteiger partial charge >= 0.3 is 0 Å². The van der Waals surface area contributed by atoms with E-state index in [9.17, 15) is 8.42 Å². The molecule has 9 heteroatoms. The largest absolute Gasteiger partial charge is 0.398 e. The summed E-state index contributed by atoms with van der Waals surface area (Å²) in [5.41, 5.74) is 5.89. The third kappa shape index (κ3) is 3.69. The van der Waals surface area contributed by atoms with Gasteiger partial charge in [0, 0.05) is 19.3 Å². The number of halogens is 1. The summed E-state index contributed by atoms with van der Waals surface area (Å²) in [5, 5.41) is 7.67. The number of hydrogen-bond acceptors (Lipinski definition) is 5. The summed E-state index contributed by atoms with van der Waals surface area (Å²) in [6.07, 6.45) is 3.89. The van der Waals surface area contributed by atoms with Gasteiger partial charge in [-0.05, 0) is 24.6 Å². The molecule has 0 unspecified atom stereocenters. The fraction of sp³-hybridized carbons (Fsp3) is 0.273. The Balaban J connectivity index is 1.92. The second-order valence-corrected chi connectivity index (χ2v) is 6.27. The van der Waals surface area contributed by atoms with Gasteiger partial charge in [0.25, 0.3) is 0 Å². The number of hydrogen-bond donors (Lipinski definition) is 2. The van der Waals surface area contributed by atoms with Crippen LogP contribution >= 0.6 is 11.6 Å². The van der Waals surface area contributed by atoms with Gasteiger partial charge in [0.05, 0.1) is 21.8 Å². The van der Waals surface area contributed by atoms with Gasteiger partial charge in [0.2, 0.25) is 10.0 Å². The number of benzene rings is 1. The lowest BCUT2D eigenvalue weighted by atomic mass is 10.3. The van der Waals surface area contributed by atoms with Crippen LogP contribution in [0.15, 0.2) is 35.5 Å². The molecule has 2 rings (SSSR count). The Morgan fingerprint density at radius 3 is 2.85 bits per heavy atom. The Kier molecular flexibility index (Phi) is 4.58. The van der Waals surface area contributed by atoms with Gasteiger partial charge in [0.15, 0.2) is 0 Å². The number of nitrogen functional groups attached to an aromatic ring is 1.